The third-order valence-corrected chi connectivity index (χ3v) is 1.88. The molecule has 17 heavy (non-hydrogen) atoms. The Balaban J connectivity index is 2.91. The van der Waals surface area contributed by atoms with Crippen LogP contribution in [0.1, 0.15) is 0 Å². The van der Waals surface area contributed by atoms with E-state index in [4.69, 9.17) is 9.47 Å². The van der Waals surface area contributed by atoms with Gasteiger partial charge in [0.2, 0.25) is 5.95 Å². The minimum absolute atomic E-state index is 0.0207. The Hall–Kier alpha value is -2.12. The SMILES string of the molecule is COC(=O)CN(C)c1nc(OC)nc(OC)n1. The Morgan fingerprint density at radius 2 is 1.65 bits per heavy atom. The van der Waals surface area contributed by atoms with Crippen LogP contribution in [0.5, 0.6) is 12.0 Å². The molecule has 0 atom stereocenters. The number of carbonyl (C=O) groups is 1. The Morgan fingerprint density at radius 1 is 1.12 bits per heavy atom. The molecular weight excluding hydrogens is 228 g/mol. The summed E-state index contributed by atoms with van der Waals surface area (Å²) in [5.41, 5.74) is 0. The van der Waals surface area contributed by atoms with Crippen LogP contribution in [-0.4, -0.2) is 55.8 Å². The molecular formula is C9H14N4O4. The highest BCUT2D eigenvalue weighted by Crippen LogP contribution is 2.14. The van der Waals surface area contributed by atoms with Gasteiger partial charge in [0.05, 0.1) is 21.3 Å². The molecule has 1 aromatic heterocycles. The van der Waals surface area contributed by atoms with E-state index in [1.807, 2.05) is 0 Å². The van der Waals surface area contributed by atoms with Crippen LogP contribution in [0.25, 0.3) is 0 Å². The second-order valence-electron chi connectivity index (χ2n) is 3.04. The summed E-state index contributed by atoms with van der Waals surface area (Å²) in [6.07, 6.45) is 0. The molecule has 0 spiro atoms. The molecule has 0 fully saturated rings. The lowest BCUT2D eigenvalue weighted by Crippen LogP contribution is -2.28. The van der Waals surface area contributed by atoms with Gasteiger partial charge in [-0.1, -0.05) is 0 Å². The van der Waals surface area contributed by atoms with Gasteiger partial charge in [0.25, 0.3) is 0 Å². The van der Waals surface area contributed by atoms with Crippen LogP contribution in [0, 0.1) is 0 Å². The van der Waals surface area contributed by atoms with Gasteiger partial charge < -0.3 is 19.1 Å². The molecule has 0 radical (unpaired) electrons. The number of carbonyl (C=O) groups excluding carboxylic acids is 1. The fourth-order valence-corrected chi connectivity index (χ4v) is 1.01. The maximum atomic E-state index is 11.1. The Morgan fingerprint density at radius 3 is 2.06 bits per heavy atom. The molecule has 0 saturated heterocycles. The highest BCUT2D eigenvalue weighted by Gasteiger charge is 2.14. The molecule has 0 N–H and O–H groups in total. The number of nitrogens with zero attached hydrogens (tertiary/aromatic N) is 4. The van der Waals surface area contributed by atoms with Crippen LogP contribution in [0.2, 0.25) is 0 Å². The average molecular weight is 242 g/mol. The smallest absolute Gasteiger partial charge is 0.325 e. The predicted molar refractivity (Wildman–Crippen MR) is 58.2 cm³/mol. The number of aromatic nitrogens is 3. The Kier molecular flexibility index (Phi) is 4.44. The molecule has 1 rings (SSSR count). The second kappa shape index (κ2) is 5.83. The van der Waals surface area contributed by atoms with Gasteiger partial charge in [-0.25, -0.2) is 0 Å². The zero-order valence-electron chi connectivity index (χ0n) is 10.1. The molecule has 0 unspecified atom stereocenters. The normalized spacial score (nSPS) is 9.65. The molecule has 0 aliphatic rings. The third kappa shape index (κ3) is 3.44. The first-order chi connectivity index (χ1) is 8.10. The molecule has 1 heterocycles. The summed E-state index contributed by atoms with van der Waals surface area (Å²) in [5, 5.41) is 0. The average Bonchev–Trinajstić information content (AvgIpc) is 2.37. The van der Waals surface area contributed by atoms with E-state index in [2.05, 4.69) is 19.7 Å². The number of methoxy groups -OCH3 is 3. The largest absolute Gasteiger partial charge is 0.468 e. The minimum Gasteiger partial charge on any atom is -0.468 e. The van der Waals surface area contributed by atoms with Crippen molar-refractivity contribution in [3.05, 3.63) is 0 Å². The molecule has 8 nitrogen and oxygen atoms in total. The molecule has 0 aromatic carbocycles. The van der Waals surface area contributed by atoms with Gasteiger partial charge in [-0.2, -0.15) is 9.97 Å². The second-order valence-corrected chi connectivity index (χ2v) is 3.04. The molecule has 0 aliphatic carbocycles. The van der Waals surface area contributed by atoms with E-state index in [9.17, 15) is 4.79 Å². The van der Waals surface area contributed by atoms with Crippen LogP contribution < -0.4 is 14.4 Å². The van der Waals surface area contributed by atoms with Gasteiger partial charge in [0, 0.05) is 7.05 Å². The quantitative estimate of drug-likeness (QED) is 0.638. The fourth-order valence-electron chi connectivity index (χ4n) is 1.01. The molecule has 94 valence electrons. The molecule has 0 aliphatic heterocycles. The third-order valence-electron chi connectivity index (χ3n) is 1.88. The number of anilines is 1. The first kappa shape index (κ1) is 12.9. The van der Waals surface area contributed by atoms with Crippen molar-refractivity contribution in [1.82, 2.24) is 15.0 Å². The predicted octanol–water partition coefficient (Wildman–Crippen LogP) is -0.502. The van der Waals surface area contributed by atoms with Gasteiger partial charge in [-0.3, -0.25) is 4.79 Å². The zero-order valence-corrected chi connectivity index (χ0v) is 10.1. The lowest BCUT2D eigenvalue weighted by Gasteiger charge is -2.15. The van der Waals surface area contributed by atoms with Crippen LogP contribution in [0.3, 0.4) is 0 Å². The van der Waals surface area contributed by atoms with Crippen molar-refractivity contribution in [2.75, 3.05) is 39.8 Å². The number of likely N-dealkylation sites (N-methyl/N-ethyl adjacent to an activating group) is 1. The van der Waals surface area contributed by atoms with Crippen LogP contribution in [0.15, 0.2) is 0 Å². The summed E-state index contributed by atoms with van der Waals surface area (Å²) in [5.74, 6) is -0.134. The van der Waals surface area contributed by atoms with Gasteiger partial charge in [-0.15, -0.1) is 4.98 Å². The summed E-state index contributed by atoms with van der Waals surface area (Å²) in [4.78, 5) is 24.4. The summed E-state index contributed by atoms with van der Waals surface area (Å²) < 4.78 is 14.3. The number of esters is 1. The summed E-state index contributed by atoms with van der Waals surface area (Å²) in [6, 6.07) is 0.229. The van der Waals surface area contributed by atoms with E-state index in [1.165, 1.54) is 26.2 Å². The van der Waals surface area contributed by atoms with E-state index in [0.717, 1.165) is 0 Å². The van der Waals surface area contributed by atoms with Crippen molar-refractivity contribution < 1.29 is 19.0 Å². The van der Waals surface area contributed by atoms with Gasteiger partial charge in [-0.05, 0) is 0 Å². The van der Waals surface area contributed by atoms with Crippen molar-refractivity contribution in [2.45, 2.75) is 0 Å². The number of hydrogen-bond acceptors (Lipinski definition) is 8. The Labute approximate surface area is 98.5 Å². The van der Waals surface area contributed by atoms with Crippen molar-refractivity contribution in [3.63, 3.8) is 0 Å². The molecule has 8 heteroatoms. The molecule has 0 amide bonds. The summed E-state index contributed by atoms with van der Waals surface area (Å²) >= 11 is 0. The summed E-state index contributed by atoms with van der Waals surface area (Å²) in [6.45, 7) is 0.0207. The van der Waals surface area contributed by atoms with Gasteiger partial charge in [0.15, 0.2) is 0 Å². The van der Waals surface area contributed by atoms with Crippen molar-refractivity contribution >= 4 is 11.9 Å². The standard InChI is InChI=1S/C9H14N4O4/c1-13(5-6(14)15-2)7-10-8(16-3)12-9(11-7)17-4/h5H2,1-4H3. The van der Waals surface area contributed by atoms with E-state index in [-0.39, 0.29) is 24.5 Å². The van der Waals surface area contributed by atoms with Gasteiger partial charge in [0.1, 0.15) is 6.54 Å². The van der Waals surface area contributed by atoms with Crippen molar-refractivity contribution in [2.24, 2.45) is 0 Å². The first-order valence-electron chi connectivity index (χ1n) is 4.72. The number of rotatable bonds is 5. The van der Waals surface area contributed by atoms with E-state index >= 15 is 0 Å². The number of ether oxygens (including phenoxy) is 3. The lowest BCUT2D eigenvalue weighted by atomic mass is 10.6. The fraction of sp³-hybridized carbons (Fsp3) is 0.556. The monoisotopic (exact) mass is 242 g/mol. The molecule has 1 aromatic rings. The van der Waals surface area contributed by atoms with Crippen LogP contribution in [-0.2, 0) is 9.53 Å². The summed E-state index contributed by atoms with van der Waals surface area (Å²) in [7, 11) is 5.81. The van der Waals surface area contributed by atoms with Gasteiger partial charge >= 0.3 is 18.0 Å². The van der Waals surface area contributed by atoms with Crippen LogP contribution >= 0.6 is 0 Å². The highest BCUT2D eigenvalue weighted by molar-refractivity contribution is 5.74. The first-order valence-corrected chi connectivity index (χ1v) is 4.72. The highest BCUT2D eigenvalue weighted by atomic mass is 16.5. The van der Waals surface area contributed by atoms with E-state index in [1.54, 1.807) is 7.05 Å². The molecule has 0 bridgehead atoms. The van der Waals surface area contributed by atoms with Crippen molar-refractivity contribution in [1.29, 1.82) is 0 Å². The number of hydrogen-bond donors (Lipinski definition) is 0. The zero-order chi connectivity index (χ0) is 12.8. The topological polar surface area (TPSA) is 86.7 Å². The van der Waals surface area contributed by atoms with E-state index < -0.39 is 5.97 Å². The maximum Gasteiger partial charge on any atom is 0.325 e. The van der Waals surface area contributed by atoms with Crippen molar-refractivity contribution in [3.8, 4) is 12.0 Å². The minimum atomic E-state index is -0.397. The van der Waals surface area contributed by atoms with E-state index in [0.29, 0.717) is 0 Å². The molecule has 0 saturated carbocycles. The lowest BCUT2D eigenvalue weighted by molar-refractivity contribution is -0.138. The maximum absolute atomic E-state index is 11.1. The Bertz CT molecular complexity index is 376. The van der Waals surface area contributed by atoms with Crippen LogP contribution in [0.4, 0.5) is 5.95 Å².